The van der Waals surface area contributed by atoms with E-state index in [9.17, 15) is 9.59 Å². The summed E-state index contributed by atoms with van der Waals surface area (Å²) >= 11 is 0. The lowest BCUT2D eigenvalue weighted by atomic mass is 10.1. The summed E-state index contributed by atoms with van der Waals surface area (Å²) in [5.74, 6) is 0.405. The van der Waals surface area contributed by atoms with Crippen LogP contribution in [0.15, 0.2) is 24.5 Å². The second-order valence-electron chi connectivity index (χ2n) is 6.04. The maximum atomic E-state index is 12.2. The standard InChI is InChI=1S/C16H18N6O4/c23-14(19-16-17-9-18-20-16)15(24)22-5-3-21(4-6-22)8-11-1-2-12-13(7-11)26-10-25-12/h1-2,7,9H,3-6,8,10H2,(H2,17,18,19,20,23). The quantitative estimate of drug-likeness (QED) is 0.732. The third kappa shape index (κ3) is 3.45. The molecule has 0 bridgehead atoms. The van der Waals surface area contributed by atoms with Gasteiger partial charge in [0.1, 0.15) is 6.33 Å². The zero-order valence-electron chi connectivity index (χ0n) is 14.0. The summed E-state index contributed by atoms with van der Waals surface area (Å²) in [7, 11) is 0. The topological polar surface area (TPSA) is 113 Å². The number of amides is 2. The van der Waals surface area contributed by atoms with Gasteiger partial charge in [0.2, 0.25) is 12.7 Å². The summed E-state index contributed by atoms with van der Waals surface area (Å²) in [5.41, 5.74) is 1.12. The maximum Gasteiger partial charge on any atom is 0.316 e. The number of fused-ring (bicyclic) bond motifs is 1. The van der Waals surface area contributed by atoms with E-state index >= 15 is 0 Å². The normalized spacial score (nSPS) is 16.5. The lowest BCUT2D eigenvalue weighted by Crippen LogP contribution is -2.51. The van der Waals surface area contributed by atoms with Gasteiger partial charge >= 0.3 is 11.8 Å². The van der Waals surface area contributed by atoms with E-state index in [2.05, 4.69) is 25.4 Å². The third-order valence-corrected chi connectivity index (χ3v) is 4.34. The fourth-order valence-corrected chi connectivity index (χ4v) is 2.98. The van der Waals surface area contributed by atoms with E-state index in [1.165, 1.54) is 6.33 Å². The summed E-state index contributed by atoms with van der Waals surface area (Å²) in [5, 5.41) is 8.50. The highest BCUT2D eigenvalue weighted by Crippen LogP contribution is 2.32. The summed E-state index contributed by atoms with van der Waals surface area (Å²) in [6.07, 6.45) is 1.26. The van der Waals surface area contributed by atoms with Crippen LogP contribution < -0.4 is 14.8 Å². The minimum atomic E-state index is -0.717. The third-order valence-electron chi connectivity index (χ3n) is 4.34. The van der Waals surface area contributed by atoms with Gasteiger partial charge in [-0.3, -0.25) is 19.8 Å². The van der Waals surface area contributed by atoms with Gasteiger partial charge in [0, 0.05) is 32.7 Å². The summed E-state index contributed by atoms with van der Waals surface area (Å²) in [6, 6.07) is 5.89. The van der Waals surface area contributed by atoms with Crippen molar-refractivity contribution in [3.63, 3.8) is 0 Å². The van der Waals surface area contributed by atoms with Crippen LogP contribution in [0.25, 0.3) is 0 Å². The fourth-order valence-electron chi connectivity index (χ4n) is 2.98. The molecule has 136 valence electrons. The Hall–Kier alpha value is -3.14. The number of nitrogens with one attached hydrogen (secondary N) is 2. The van der Waals surface area contributed by atoms with Gasteiger partial charge in [-0.25, -0.2) is 5.10 Å². The summed E-state index contributed by atoms with van der Waals surface area (Å²) in [4.78, 5) is 31.7. The van der Waals surface area contributed by atoms with Gasteiger partial charge in [0.25, 0.3) is 0 Å². The maximum absolute atomic E-state index is 12.2. The number of rotatable bonds is 3. The van der Waals surface area contributed by atoms with E-state index in [4.69, 9.17) is 9.47 Å². The molecule has 1 aromatic carbocycles. The van der Waals surface area contributed by atoms with Crippen molar-refractivity contribution in [3.8, 4) is 11.5 Å². The van der Waals surface area contributed by atoms with Crippen LogP contribution in [-0.4, -0.2) is 69.8 Å². The minimum absolute atomic E-state index is 0.157. The molecule has 10 heteroatoms. The first-order chi connectivity index (χ1) is 12.7. The van der Waals surface area contributed by atoms with Crippen LogP contribution in [0.4, 0.5) is 5.95 Å². The molecular formula is C16H18N6O4. The Morgan fingerprint density at radius 2 is 1.96 bits per heavy atom. The molecule has 2 amide bonds. The molecule has 2 N–H and O–H groups in total. The molecule has 1 fully saturated rings. The smallest absolute Gasteiger partial charge is 0.316 e. The fraction of sp³-hybridized carbons (Fsp3) is 0.375. The molecule has 4 rings (SSSR count). The lowest BCUT2D eigenvalue weighted by molar-refractivity contribution is -0.144. The number of hydrogen-bond donors (Lipinski definition) is 2. The molecule has 0 atom stereocenters. The van der Waals surface area contributed by atoms with E-state index in [0.717, 1.165) is 23.6 Å². The molecule has 2 aliphatic rings. The minimum Gasteiger partial charge on any atom is -0.454 e. The highest BCUT2D eigenvalue weighted by atomic mass is 16.7. The van der Waals surface area contributed by atoms with Gasteiger partial charge in [0.15, 0.2) is 11.5 Å². The van der Waals surface area contributed by atoms with Crippen molar-refractivity contribution in [1.29, 1.82) is 0 Å². The first-order valence-corrected chi connectivity index (χ1v) is 8.25. The van der Waals surface area contributed by atoms with Crippen LogP contribution in [0, 0.1) is 0 Å². The Balaban J connectivity index is 1.28. The molecular weight excluding hydrogens is 340 g/mol. The van der Waals surface area contributed by atoms with Gasteiger partial charge in [0.05, 0.1) is 0 Å². The number of carbonyl (C=O) groups excluding carboxylic acids is 2. The van der Waals surface area contributed by atoms with Gasteiger partial charge in [-0.05, 0) is 17.7 Å². The van der Waals surface area contributed by atoms with E-state index in [0.29, 0.717) is 26.2 Å². The highest BCUT2D eigenvalue weighted by Gasteiger charge is 2.26. The second-order valence-corrected chi connectivity index (χ2v) is 6.04. The van der Waals surface area contributed by atoms with Crippen molar-refractivity contribution in [1.82, 2.24) is 25.0 Å². The van der Waals surface area contributed by atoms with Crippen molar-refractivity contribution < 1.29 is 19.1 Å². The van der Waals surface area contributed by atoms with Crippen LogP contribution in [0.5, 0.6) is 11.5 Å². The number of anilines is 1. The van der Waals surface area contributed by atoms with Gasteiger partial charge in [-0.2, -0.15) is 10.1 Å². The zero-order chi connectivity index (χ0) is 17.9. The van der Waals surface area contributed by atoms with Crippen LogP contribution >= 0.6 is 0 Å². The van der Waals surface area contributed by atoms with Crippen LogP contribution in [0.3, 0.4) is 0 Å². The number of hydrogen-bond acceptors (Lipinski definition) is 7. The number of H-pyrrole nitrogens is 1. The second kappa shape index (κ2) is 7.00. The molecule has 0 unspecified atom stereocenters. The Morgan fingerprint density at radius 3 is 2.73 bits per heavy atom. The van der Waals surface area contributed by atoms with Crippen molar-refractivity contribution in [3.05, 3.63) is 30.1 Å². The SMILES string of the molecule is O=C(Nc1ncn[nH]1)C(=O)N1CCN(Cc2ccc3c(c2)OCO3)CC1. The molecule has 1 aromatic heterocycles. The number of ether oxygens (including phenoxy) is 2. The Labute approximate surface area is 149 Å². The average molecular weight is 358 g/mol. The summed E-state index contributed by atoms with van der Waals surface area (Å²) in [6.45, 7) is 3.38. The molecule has 1 saturated heterocycles. The number of aromatic amines is 1. The van der Waals surface area contributed by atoms with E-state index in [-0.39, 0.29) is 12.7 Å². The number of piperazine rings is 1. The predicted molar refractivity (Wildman–Crippen MR) is 89.4 cm³/mol. The van der Waals surface area contributed by atoms with E-state index in [1.807, 2.05) is 18.2 Å². The first-order valence-electron chi connectivity index (χ1n) is 8.25. The molecule has 0 spiro atoms. The highest BCUT2D eigenvalue weighted by molar-refractivity contribution is 6.39. The van der Waals surface area contributed by atoms with Crippen LogP contribution in [0.2, 0.25) is 0 Å². The Bertz CT molecular complexity index is 801. The van der Waals surface area contributed by atoms with Crippen LogP contribution in [-0.2, 0) is 16.1 Å². The van der Waals surface area contributed by atoms with Gasteiger partial charge in [-0.15, -0.1) is 0 Å². The molecule has 0 radical (unpaired) electrons. The van der Waals surface area contributed by atoms with E-state index in [1.54, 1.807) is 4.90 Å². The monoisotopic (exact) mass is 358 g/mol. The summed E-state index contributed by atoms with van der Waals surface area (Å²) < 4.78 is 10.7. The lowest BCUT2D eigenvalue weighted by Gasteiger charge is -2.34. The van der Waals surface area contributed by atoms with E-state index < -0.39 is 11.8 Å². The molecule has 26 heavy (non-hydrogen) atoms. The number of nitrogens with zero attached hydrogens (tertiary/aromatic N) is 4. The largest absolute Gasteiger partial charge is 0.454 e. The average Bonchev–Trinajstić information content (AvgIpc) is 3.33. The predicted octanol–water partition coefficient (Wildman–Crippen LogP) is -0.184. The number of benzene rings is 1. The molecule has 10 nitrogen and oxygen atoms in total. The number of carbonyl (C=O) groups is 2. The Morgan fingerprint density at radius 1 is 1.15 bits per heavy atom. The van der Waals surface area contributed by atoms with Crippen molar-refractivity contribution in [2.24, 2.45) is 0 Å². The Kier molecular flexibility index (Phi) is 4.40. The zero-order valence-corrected chi connectivity index (χ0v) is 14.0. The molecule has 2 aliphatic heterocycles. The number of aromatic nitrogens is 3. The molecule has 2 aromatic rings. The van der Waals surface area contributed by atoms with Crippen LogP contribution in [0.1, 0.15) is 5.56 Å². The first kappa shape index (κ1) is 16.3. The molecule has 0 saturated carbocycles. The van der Waals surface area contributed by atoms with Gasteiger partial charge in [-0.1, -0.05) is 6.07 Å². The van der Waals surface area contributed by atoms with Crippen molar-refractivity contribution in [2.75, 3.05) is 38.3 Å². The van der Waals surface area contributed by atoms with Crippen molar-refractivity contribution in [2.45, 2.75) is 6.54 Å². The molecule has 3 heterocycles. The van der Waals surface area contributed by atoms with Gasteiger partial charge < -0.3 is 14.4 Å². The molecule has 0 aliphatic carbocycles. The van der Waals surface area contributed by atoms with Crippen molar-refractivity contribution >= 4 is 17.8 Å².